The molecule has 0 unspecified atom stereocenters. The van der Waals surface area contributed by atoms with E-state index < -0.39 is 0 Å². The van der Waals surface area contributed by atoms with Gasteiger partial charge in [-0.3, -0.25) is 5.32 Å². The summed E-state index contributed by atoms with van der Waals surface area (Å²) in [6.45, 7) is 7.20. The van der Waals surface area contributed by atoms with Crippen LogP contribution in [0, 0.1) is 0 Å². The van der Waals surface area contributed by atoms with E-state index in [1.165, 1.54) is 0 Å². The predicted molar refractivity (Wildman–Crippen MR) is 139 cm³/mol. The number of rotatable bonds is 5. The number of nitrogens with zero attached hydrogens (tertiary/aromatic N) is 5. The number of aliphatic hydroxyl groups is 1. The number of pyridine rings is 1. The molecule has 2 fully saturated rings. The Morgan fingerprint density at radius 1 is 1.08 bits per heavy atom. The van der Waals surface area contributed by atoms with Crippen LogP contribution in [-0.4, -0.2) is 89.7 Å². The molecular weight excluding hydrogens is 476 g/mol. The number of benzene rings is 1. The molecule has 4 heterocycles. The number of aliphatic hydroxyl groups excluding tert-OH is 1. The molecule has 0 saturated carbocycles. The fourth-order valence-corrected chi connectivity index (χ4v) is 4.73. The van der Waals surface area contributed by atoms with Crippen LogP contribution in [0.1, 0.15) is 19.4 Å². The molecule has 2 N–H and O–H groups in total. The van der Waals surface area contributed by atoms with E-state index in [0.717, 1.165) is 10.9 Å². The molecule has 2 aromatic heterocycles. The van der Waals surface area contributed by atoms with Gasteiger partial charge in [-0.1, -0.05) is 0 Å². The highest BCUT2D eigenvalue weighted by Gasteiger charge is 2.27. The van der Waals surface area contributed by atoms with Crippen molar-refractivity contribution in [2.24, 2.45) is 0 Å². The monoisotopic (exact) mass is 508 g/mol. The van der Waals surface area contributed by atoms with Crippen LogP contribution in [-0.2, 0) is 16.1 Å². The number of fused-ring (bicyclic) bond motifs is 1. The first-order valence-electron chi connectivity index (χ1n) is 12.4. The van der Waals surface area contributed by atoms with Crippen LogP contribution in [0.4, 0.5) is 16.6 Å². The minimum absolute atomic E-state index is 0.0477. The number of carbonyl (C=O) groups excluding carboxylic acids is 1. The van der Waals surface area contributed by atoms with Crippen molar-refractivity contribution in [3.63, 3.8) is 0 Å². The van der Waals surface area contributed by atoms with Crippen molar-refractivity contribution in [2.75, 3.05) is 56.8 Å². The summed E-state index contributed by atoms with van der Waals surface area (Å²) in [7, 11) is 1.57. The molecule has 3 aromatic rings. The average molecular weight is 509 g/mol. The summed E-state index contributed by atoms with van der Waals surface area (Å²) in [4.78, 5) is 31.2. The van der Waals surface area contributed by atoms with Gasteiger partial charge in [0, 0.05) is 24.2 Å². The highest BCUT2D eigenvalue weighted by molar-refractivity contribution is 5.93. The van der Waals surface area contributed by atoms with E-state index in [-0.39, 0.29) is 30.7 Å². The lowest BCUT2D eigenvalue weighted by Crippen LogP contribution is -2.49. The van der Waals surface area contributed by atoms with E-state index in [2.05, 4.69) is 22.1 Å². The van der Waals surface area contributed by atoms with Gasteiger partial charge in [-0.25, -0.2) is 9.78 Å². The van der Waals surface area contributed by atoms with E-state index in [1.54, 1.807) is 12.0 Å². The van der Waals surface area contributed by atoms with Crippen LogP contribution < -0.4 is 15.0 Å². The molecule has 2 amide bonds. The molecule has 0 spiro atoms. The first kappa shape index (κ1) is 25.1. The average Bonchev–Trinajstić information content (AvgIpc) is 2.92. The SMILES string of the molecule is COc1ccc(-c2ccc3c(N4CCOC[C@@H]4C)nc(NC(=O)N4CCOC[C@@H]4C)nc3n2)cc1CO. The number of hydrogen-bond donors (Lipinski definition) is 2. The maximum absolute atomic E-state index is 13.1. The van der Waals surface area contributed by atoms with Gasteiger partial charge in [-0.05, 0) is 44.2 Å². The zero-order chi connectivity index (χ0) is 25.9. The van der Waals surface area contributed by atoms with E-state index >= 15 is 0 Å². The molecule has 11 heteroatoms. The molecule has 2 saturated heterocycles. The fraction of sp³-hybridized carbons (Fsp3) is 0.462. The number of urea groups is 1. The van der Waals surface area contributed by atoms with Gasteiger partial charge in [0.2, 0.25) is 5.95 Å². The normalized spacial score (nSPS) is 20.2. The molecule has 37 heavy (non-hydrogen) atoms. The number of methoxy groups -OCH3 is 1. The van der Waals surface area contributed by atoms with Crippen molar-refractivity contribution in [3.8, 4) is 17.0 Å². The highest BCUT2D eigenvalue weighted by Crippen LogP contribution is 2.31. The van der Waals surface area contributed by atoms with Crippen LogP contribution in [0.3, 0.4) is 0 Å². The van der Waals surface area contributed by atoms with Crippen molar-refractivity contribution < 1.29 is 24.1 Å². The van der Waals surface area contributed by atoms with Crippen molar-refractivity contribution in [2.45, 2.75) is 32.5 Å². The minimum Gasteiger partial charge on any atom is -0.496 e. The molecule has 0 radical (unpaired) electrons. The Bertz CT molecular complexity index is 1290. The Balaban J connectivity index is 1.56. The molecule has 1 aromatic carbocycles. The fourth-order valence-electron chi connectivity index (χ4n) is 4.73. The lowest BCUT2D eigenvalue weighted by atomic mass is 10.1. The third kappa shape index (κ3) is 5.15. The molecule has 2 atom stereocenters. The van der Waals surface area contributed by atoms with E-state index in [0.29, 0.717) is 68.0 Å². The van der Waals surface area contributed by atoms with E-state index in [4.69, 9.17) is 24.2 Å². The summed E-state index contributed by atoms with van der Waals surface area (Å²) in [5.74, 6) is 1.51. The van der Waals surface area contributed by atoms with Crippen LogP contribution in [0.2, 0.25) is 0 Å². The number of carbonyl (C=O) groups is 1. The molecule has 2 aliphatic rings. The van der Waals surface area contributed by atoms with Crippen molar-refractivity contribution in [1.29, 1.82) is 0 Å². The quantitative estimate of drug-likeness (QED) is 0.536. The van der Waals surface area contributed by atoms with Gasteiger partial charge in [-0.15, -0.1) is 0 Å². The number of ether oxygens (including phenoxy) is 3. The zero-order valence-electron chi connectivity index (χ0n) is 21.3. The lowest BCUT2D eigenvalue weighted by Gasteiger charge is -2.35. The third-order valence-electron chi connectivity index (χ3n) is 6.77. The van der Waals surface area contributed by atoms with Crippen LogP contribution in [0.25, 0.3) is 22.3 Å². The maximum Gasteiger partial charge on any atom is 0.324 e. The van der Waals surface area contributed by atoms with Gasteiger partial charge in [0.15, 0.2) is 5.65 Å². The van der Waals surface area contributed by atoms with Crippen LogP contribution >= 0.6 is 0 Å². The second kappa shape index (κ2) is 10.8. The summed E-state index contributed by atoms with van der Waals surface area (Å²) in [5.41, 5.74) is 2.64. The zero-order valence-corrected chi connectivity index (χ0v) is 21.3. The molecule has 11 nitrogen and oxygen atoms in total. The van der Waals surface area contributed by atoms with E-state index in [1.807, 2.05) is 37.3 Å². The Kier molecular flexibility index (Phi) is 7.36. The van der Waals surface area contributed by atoms with Gasteiger partial charge in [0.1, 0.15) is 11.6 Å². The second-order valence-corrected chi connectivity index (χ2v) is 9.29. The largest absolute Gasteiger partial charge is 0.496 e. The lowest BCUT2D eigenvalue weighted by molar-refractivity contribution is 0.0221. The van der Waals surface area contributed by atoms with E-state index in [9.17, 15) is 9.90 Å². The van der Waals surface area contributed by atoms with Gasteiger partial charge in [0.05, 0.1) is 63.3 Å². The Hall–Kier alpha value is -3.54. The standard InChI is InChI=1S/C26H32N6O5/c1-16-14-36-10-8-31(16)24-20-5-6-21(18-4-7-22(35-3)19(12-18)13-33)27-23(20)28-25(29-24)30-26(34)32-9-11-37-15-17(32)2/h4-7,12,16-17,33H,8-11,13-15H2,1-3H3,(H,27,28,29,30,34)/t16-,17-/m0/s1. The smallest absolute Gasteiger partial charge is 0.324 e. The summed E-state index contributed by atoms with van der Waals surface area (Å²) < 4.78 is 16.4. The summed E-state index contributed by atoms with van der Waals surface area (Å²) in [5, 5.41) is 13.4. The van der Waals surface area contributed by atoms with Gasteiger partial charge in [0.25, 0.3) is 0 Å². The van der Waals surface area contributed by atoms with Crippen LogP contribution in [0.15, 0.2) is 30.3 Å². The first-order chi connectivity index (χ1) is 18.0. The molecule has 0 bridgehead atoms. The molecular formula is C26H32N6O5. The first-order valence-corrected chi connectivity index (χ1v) is 12.4. The topological polar surface area (TPSA) is 122 Å². The Morgan fingerprint density at radius 3 is 2.59 bits per heavy atom. The predicted octanol–water partition coefficient (Wildman–Crippen LogP) is 2.67. The van der Waals surface area contributed by atoms with Crippen molar-refractivity contribution >= 4 is 28.8 Å². The van der Waals surface area contributed by atoms with Gasteiger partial charge >= 0.3 is 6.03 Å². The Morgan fingerprint density at radius 2 is 1.86 bits per heavy atom. The second-order valence-electron chi connectivity index (χ2n) is 9.29. The number of hydrogen-bond acceptors (Lipinski definition) is 9. The number of aromatic nitrogens is 3. The van der Waals surface area contributed by atoms with Gasteiger partial charge < -0.3 is 29.1 Å². The maximum atomic E-state index is 13.1. The molecule has 0 aliphatic carbocycles. The number of nitrogens with one attached hydrogen (secondary N) is 1. The van der Waals surface area contributed by atoms with Gasteiger partial charge in [-0.2, -0.15) is 9.97 Å². The number of amides is 2. The number of anilines is 2. The highest BCUT2D eigenvalue weighted by atomic mass is 16.5. The Labute approximate surface area is 215 Å². The third-order valence-corrected chi connectivity index (χ3v) is 6.77. The number of morpholine rings is 2. The van der Waals surface area contributed by atoms with Crippen molar-refractivity contribution in [1.82, 2.24) is 19.9 Å². The molecule has 5 rings (SSSR count). The summed E-state index contributed by atoms with van der Waals surface area (Å²) >= 11 is 0. The van der Waals surface area contributed by atoms with Crippen molar-refractivity contribution in [3.05, 3.63) is 35.9 Å². The van der Waals surface area contributed by atoms with Crippen LogP contribution in [0.5, 0.6) is 5.75 Å². The minimum atomic E-state index is -0.268. The molecule has 2 aliphatic heterocycles. The molecule has 196 valence electrons. The summed E-state index contributed by atoms with van der Waals surface area (Å²) in [6.07, 6.45) is 0. The summed E-state index contributed by atoms with van der Waals surface area (Å²) in [6, 6.07) is 9.20.